The number of thiocarbonyl (C=S) groups is 1. The van der Waals surface area contributed by atoms with Crippen molar-refractivity contribution < 1.29 is 33.7 Å². The quantitative estimate of drug-likeness (QED) is 0.195. The Morgan fingerprint density at radius 3 is 2.43 bits per heavy atom. The van der Waals surface area contributed by atoms with Crippen LogP contribution < -0.4 is 10.6 Å². The largest absolute Gasteiger partial charge is 0.511 e. The second-order valence-corrected chi connectivity index (χ2v) is 11.3. The Kier molecular flexibility index (Phi) is 8.12. The van der Waals surface area contributed by atoms with E-state index in [-0.39, 0.29) is 34.9 Å². The van der Waals surface area contributed by atoms with Gasteiger partial charge in [-0.25, -0.2) is 9.59 Å². The molecular weight excluding hydrogens is 494 g/mol. The maximum atomic E-state index is 13.3. The molecule has 3 fully saturated rings. The second kappa shape index (κ2) is 10.9. The number of aliphatic hydroxyl groups is 1. The molecule has 1 unspecified atom stereocenters. The molecule has 0 aromatic rings. The van der Waals surface area contributed by atoms with Crippen molar-refractivity contribution in [1.82, 2.24) is 15.5 Å². The maximum absolute atomic E-state index is 13.3. The van der Waals surface area contributed by atoms with Gasteiger partial charge in [0.15, 0.2) is 5.11 Å². The van der Waals surface area contributed by atoms with Gasteiger partial charge in [0.25, 0.3) is 0 Å². The van der Waals surface area contributed by atoms with E-state index in [1.54, 1.807) is 6.92 Å². The van der Waals surface area contributed by atoms with Crippen molar-refractivity contribution in [2.45, 2.75) is 82.7 Å². The van der Waals surface area contributed by atoms with Crippen molar-refractivity contribution in [3.05, 3.63) is 10.6 Å². The normalized spacial score (nSPS) is 28.9. The Bertz CT molecular complexity index is 896. The topological polar surface area (TPSA) is 126 Å². The van der Waals surface area contributed by atoms with Gasteiger partial charge in [0.2, 0.25) is 12.2 Å². The molecule has 35 heavy (non-hydrogen) atoms. The molecule has 1 aliphatic carbocycles. The Balaban J connectivity index is 1.45. The summed E-state index contributed by atoms with van der Waals surface area (Å²) >= 11 is 6.61. The van der Waals surface area contributed by atoms with Crippen LogP contribution in [0.4, 0.5) is 4.79 Å². The Morgan fingerprint density at radius 1 is 1.14 bits per heavy atom. The van der Waals surface area contributed by atoms with Gasteiger partial charge in [-0.2, -0.15) is 0 Å². The summed E-state index contributed by atoms with van der Waals surface area (Å²) in [7, 11) is 0. The van der Waals surface area contributed by atoms with E-state index in [0.29, 0.717) is 18.2 Å². The smallest absolute Gasteiger partial charge is 0.431 e. The number of hydrogen-bond acceptors (Lipinski definition) is 9. The summed E-state index contributed by atoms with van der Waals surface area (Å²) < 4.78 is 15.9. The zero-order valence-electron chi connectivity index (χ0n) is 20.2. The maximum Gasteiger partial charge on any atom is 0.511 e. The predicted molar refractivity (Wildman–Crippen MR) is 132 cm³/mol. The molecule has 2 saturated heterocycles. The van der Waals surface area contributed by atoms with E-state index in [1.165, 1.54) is 23.6 Å². The minimum Gasteiger partial charge on any atom is -0.431 e. The predicted octanol–water partition coefficient (Wildman–Crippen LogP) is 2.01. The number of nitrogens with zero attached hydrogens (tertiary/aromatic N) is 1. The van der Waals surface area contributed by atoms with Gasteiger partial charge in [-0.15, -0.1) is 11.8 Å². The number of fused-ring (bicyclic) bond motifs is 1. The molecular formula is C23H33N3O7S2. The van der Waals surface area contributed by atoms with Gasteiger partial charge in [-0.3, -0.25) is 4.79 Å². The molecule has 4 aliphatic rings. The lowest BCUT2D eigenvalue weighted by molar-refractivity contribution is -0.174. The summed E-state index contributed by atoms with van der Waals surface area (Å²) in [6.07, 6.45) is 1.66. The highest BCUT2D eigenvalue weighted by molar-refractivity contribution is 8.03. The van der Waals surface area contributed by atoms with Crippen molar-refractivity contribution in [3.8, 4) is 0 Å². The number of rotatable bonds is 7. The van der Waals surface area contributed by atoms with Gasteiger partial charge >= 0.3 is 12.1 Å². The molecule has 3 aliphatic heterocycles. The fourth-order valence-corrected chi connectivity index (χ4v) is 6.70. The Labute approximate surface area is 214 Å². The summed E-state index contributed by atoms with van der Waals surface area (Å²) in [6.45, 7) is 6.19. The van der Waals surface area contributed by atoms with Gasteiger partial charge in [0, 0.05) is 36.1 Å². The van der Waals surface area contributed by atoms with Crippen molar-refractivity contribution in [2.24, 2.45) is 11.8 Å². The number of ether oxygens (including phenoxy) is 3. The van der Waals surface area contributed by atoms with Crippen LogP contribution in [-0.2, 0) is 23.8 Å². The fourth-order valence-electron chi connectivity index (χ4n) is 5.19. The van der Waals surface area contributed by atoms with Crippen LogP contribution in [0.5, 0.6) is 0 Å². The molecule has 5 atom stereocenters. The molecule has 10 nitrogen and oxygen atoms in total. The second-order valence-electron chi connectivity index (χ2n) is 9.52. The number of nitrogens with one attached hydrogen (secondary N) is 2. The summed E-state index contributed by atoms with van der Waals surface area (Å²) in [5.41, 5.74) is 0.152. The third-order valence-electron chi connectivity index (χ3n) is 6.93. The fraction of sp³-hybridized carbons (Fsp3) is 0.739. The number of aliphatic hydroxyl groups excluding tert-OH is 1. The first kappa shape index (κ1) is 26.0. The van der Waals surface area contributed by atoms with Crippen LogP contribution in [-0.4, -0.2) is 76.0 Å². The lowest BCUT2D eigenvalue weighted by atomic mass is 9.79. The van der Waals surface area contributed by atoms with E-state index in [4.69, 9.17) is 26.4 Å². The Morgan fingerprint density at radius 2 is 1.80 bits per heavy atom. The van der Waals surface area contributed by atoms with Crippen LogP contribution in [0.2, 0.25) is 0 Å². The van der Waals surface area contributed by atoms with Gasteiger partial charge in [0.05, 0.1) is 18.1 Å². The van der Waals surface area contributed by atoms with Crippen molar-refractivity contribution in [1.29, 1.82) is 0 Å². The summed E-state index contributed by atoms with van der Waals surface area (Å²) in [5.74, 6) is -1.81. The summed E-state index contributed by atoms with van der Waals surface area (Å²) in [4.78, 5) is 40.4. The number of β-lactam (4-membered cyclic amide) rings is 1. The van der Waals surface area contributed by atoms with E-state index in [0.717, 1.165) is 37.0 Å². The van der Waals surface area contributed by atoms with Crippen LogP contribution in [0.25, 0.3) is 0 Å². The van der Waals surface area contributed by atoms with Crippen LogP contribution in [0.1, 0.15) is 52.9 Å². The van der Waals surface area contributed by atoms with E-state index in [2.05, 4.69) is 10.6 Å². The van der Waals surface area contributed by atoms with Crippen LogP contribution >= 0.6 is 24.0 Å². The van der Waals surface area contributed by atoms with Crippen molar-refractivity contribution >= 4 is 47.1 Å². The zero-order chi connectivity index (χ0) is 25.3. The Hall–Kier alpha value is -2.05. The van der Waals surface area contributed by atoms with E-state index < -0.39 is 30.4 Å². The highest BCUT2D eigenvalue weighted by Crippen LogP contribution is 2.51. The molecule has 1 saturated carbocycles. The van der Waals surface area contributed by atoms with Crippen LogP contribution in [0, 0.1) is 11.8 Å². The number of thioether (sulfide) groups is 1. The van der Waals surface area contributed by atoms with Crippen molar-refractivity contribution in [3.63, 3.8) is 0 Å². The van der Waals surface area contributed by atoms with Crippen molar-refractivity contribution in [2.75, 3.05) is 13.1 Å². The monoisotopic (exact) mass is 527 g/mol. The van der Waals surface area contributed by atoms with Gasteiger partial charge < -0.3 is 34.9 Å². The highest BCUT2D eigenvalue weighted by Gasteiger charge is 2.60. The molecule has 3 heterocycles. The molecule has 194 valence electrons. The van der Waals surface area contributed by atoms with Crippen LogP contribution in [0.15, 0.2) is 10.6 Å². The minimum absolute atomic E-state index is 0.0693. The first-order valence-electron chi connectivity index (χ1n) is 12.2. The number of esters is 1. The summed E-state index contributed by atoms with van der Waals surface area (Å²) in [6, 6.07) is -0.328. The average Bonchev–Trinajstić information content (AvgIpc) is 3.03. The SMILES string of the molecule is CC(OC(=O)OC1CCCCC1)OC(=O)C1=C(SC2CNC(=S)NC2)[C@H](C)[C@@H]2[C@@H]([C@@H](C)O)C(=O)N12. The lowest BCUT2D eigenvalue weighted by Gasteiger charge is -2.46. The first-order chi connectivity index (χ1) is 16.7. The molecule has 12 heteroatoms. The van der Waals surface area contributed by atoms with E-state index in [9.17, 15) is 19.5 Å². The summed E-state index contributed by atoms with van der Waals surface area (Å²) in [5, 5.41) is 17.0. The highest BCUT2D eigenvalue weighted by atomic mass is 32.2. The molecule has 0 radical (unpaired) electrons. The number of amides is 1. The molecule has 4 rings (SSSR count). The minimum atomic E-state index is -1.19. The zero-order valence-corrected chi connectivity index (χ0v) is 21.8. The number of carbonyl (C=O) groups excluding carboxylic acids is 3. The van der Waals surface area contributed by atoms with Gasteiger partial charge in [-0.1, -0.05) is 13.3 Å². The van der Waals surface area contributed by atoms with E-state index in [1.807, 2.05) is 6.92 Å². The number of hydrogen-bond donors (Lipinski definition) is 3. The van der Waals surface area contributed by atoms with E-state index >= 15 is 0 Å². The molecule has 0 spiro atoms. The standard InChI is InChI=1S/C23H33N3O7S2/c1-11-17-16(12(2)27)20(28)26(17)18(19(11)35-15-9-24-22(34)25-10-15)21(29)31-13(3)32-23(30)33-14-7-5-4-6-8-14/h11-17,27H,4-10H2,1-3H3,(H2,24,25,34)/t11-,12-,13?,16-,17-/m1/s1. The molecule has 0 bridgehead atoms. The molecule has 1 amide bonds. The average molecular weight is 528 g/mol. The molecule has 3 N–H and O–H groups in total. The third-order valence-corrected chi connectivity index (χ3v) is 8.70. The first-order valence-corrected chi connectivity index (χ1v) is 13.5. The number of carbonyl (C=O) groups is 3. The molecule has 0 aromatic heterocycles. The van der Waals surface area contributed by atoms with Crippen LogP contribution in [0.3, 0.4) is 0 Å². The van der Waals surface area contributed by atoms with Gasteiger partial charge in [-0.05, 0) is 44.8 Å². The lowest BCUT2D eigenvalue weighted by Crippen LogP contribution is -2.63. The van der Waals surface area contributed by atoms with Gasteiger partial charge in [0.1, 0.15) is 11.8 Å². The third kappa shape index (κ3) is 5.54. The molecule has 0 aromatic carbocycles.